The molecule has 0 bridgehead atoms. The van der Waals surface area contributed by atoms with Crippen LogP contribution in [0.2, 0.25) is 39.3 Å². The Balaban J connectivity index is 0.000000631. The van der Waals surface area contributed by atoms with E-state index in [-0.39, 0.29) is 11.9 Å². The van der Waals surface area contributed by atoms with Crippen LogP contribution in [-0.4, -0.2) is 40.3 Å². The SMILES string of the molecule is C#C[Si](C)(C)C.COC(=O)c1c(N(c2ccc(C#C[Si](C)(C)C)c(F)c2)C2CCC2)[nH]c2cc(C#N)ccc12. The van der Waals surface area contributed by atoms with Crippen molar-refractivity contribution in [1.29, 1.82) is 5.26 Å². The molecule has 1 heterocycles. The number of benzene rings is 2. The maximum atomic E-state index is 15.1. The van der Waals surface area contributed by atoms with E-state index in [0.717, 1.165) is 19.3 Å². The van der Waals surface area contributed by atoms with Gasteiger partial charge in [-0.05, 0) is 49.6 Å². The van der Waals surface area contributed by atoms with Crippen molar-refractivity contribution in [2.45, 2.75) is 64.6 Å². The van der Waals surface area contributed by atoms with Gasteiger partial charge in [-0.3, -0.25) is 0 Å². The third-order valence-electron chi connectivity index (χ3n) is 6.21. The number of hydrogen-bond acceptors (Lipinski definition) is 4. The van der Waals surface area contributed by atoms with Crippen LogP contribution >= 0.6 is 0 Å². The van der Waals surface area contributed by atoms with Crippen LogP contribution in [0.1, 0.15) is 40.7 Å². The van der Waals surface area contributed by atoms with Crippen molar-refractivity contribution in [3.63, 3.8) is 0 Å². The van der Waals surface area contributed by atoms with E-state index in [2.05, 4.69) is 67.3 Å². The predicted octanol–water partition coefficient (Wildman–Crippen LogP) is 7.38. The fraction of sp³-hybridized carbons (Fsp3) is 0.355. The molecule has 1 aliphatic carbocycles. The lowest BCUT2D eigenvalue weighted by Crippen LogP contribution is -2.37. The Labute approximate surface area is 233 Å². The zero-order valence-electron chi connectivity index (χ0n) is 23.8. The summed E-state index contributed by atoms with van der Waals surface area (Å²) >= 11 is 0. The fourth-order valence-electron chi connectivity index (χ4n) is 3.92. The molecule has 4 rings (SSSR count). The summed E-state index contributed by atoms with van der Waals surface area (Å²) in [7, 11) is -1.40. The molecule has 1 fully saturated rings. The molecule has 8 heteroatoms. The molecular formula is C31H36FN3O2Si2. The number of terminal acetylenes is 1. The molecule has 0 radical (unpaired) electrons. The van der Waals surface area contributed by atoms with Crippen LogP contribution in [-0.2, 0) is 4.74 Å². The summed E-state index contributed by atoms with van der Waals surface area (Å²) in [6.07, 6.45) is 8.04. The number of aromatic amines is 1. The predicted molar refractivity (Wildman–Crippen MR) is 163 cm³/mol. The second-order valence-corrected chi connectivity index (χ2v) is 21.3. The number of aromatic nitrogens is 1. The number of H-pyrrole nitrogens is 1. The van der Waals surface area contributed by atoms with Gasteiger partial charge < -0.3 is 14.6 Å². The second-order valence-electron chi connectivity index (χ2n) is 11.7. The maximum absolute atomic E-state index is 15.1. The first-order valence-electron chi connectivity index (χ1n) is 13.0. The van der Waals surface area contributed by atoms with Crippen LogP contribution in [0, 0.1) is 40.6 Å². The number of anilines is 2. The molecule has 202 valence electrons. The lowest BCUT2D eigenvalue weighted by Gasteiger charge is -2.39. The van der Waals surface area contributed by atoms with Crippen LogP contribution in [0.25, 0.3) is 10.9 Å². The number of methoxy groups -OCH3 is 1. The van der Waals surface area contributed by atoms with Crippen molar-refractivity contribution < 1.29 is 13.9 Å². The number of nitrogens with one attached hydrogen (secondary N) is 1. The molecular weight excluding hydrogens is 522 g/mol. The lowest BCUT2D eigenvalue weighted by molar-refractivity contribution is 0.0603. The summed E-state index contributed by atoms with van der Waals surface area (Å²) in [4.78, 5) is 18.1. The summed E-state index contributed by atoms with van der Waals surface area (Å²) < 4.78 is 20.1. The minimum Gasteiger partial charge on any atom is -0.465 e. The van der Waals surface area contributed by atoms with Crippen molar-refractivity contribution in [3.8, 4) is 29.5 Å². The topological polar surface area (TPSA) is 69.1 Å². The van der Waals surface area contributed by atoms with Crippen LogP contribution < -0.4 is 4.90 Å². The molecule has 0 saturated heterocycles. The smallest absolute Gasteiger partial charge is 0.342 e. The number of hydrogen-bond donors (Lipinski definition) is 1. The van der Waals surface area contributed by atoms with Crippen molar-refractivity contribution >= 4 is 44.5 Å². The molecule has 1 saturated carbocycles. The first-order chi connectivity index (χ1) is 18.3. The van der Waals surface area contributed by atoms with Crippen LogP contribution in [0.3, 0.4) is 0 Å². The van der Waals surface area contributed by atoms with Gasteiger partial charge in [0.2, 0.25) is 0 Å². The molecule has 0 spiro atoms. The zero-order valence-corrected chi connectivity index (χ0v) is 25.8. The van der Waals surface area contributed by atoms with Crippen LogP contribution in [0.15, 0.2) is 36.4 Å². The normalized spacial score (nSPS) is 13.1. The number of halogens is 1. The minimum absolute atomic E-state index is 0.121. The van der Waals surface area contributed by atoms with Crippen molar-refractivity contribution in [3.05, 3.63) is 58.9 Å². The Kier molecular flexibility index (Phi) is 9.12. The molecule has 5 nitrogen and oxygen atoms in total. The molecule has 1 aromatic heterocycles. The first-order valence-corrected chi connectivity index (χ1v) is 20.0. The molecule has 0 amide bonds. The third-order valence-corrected chi connectivity index (χ3v) is 7.96. The molecule has 0 atom stereocenters. The molecule has 3 aromatic rings. The van der Waals surface area contributed by atoms with Gasteiger partial charge in [0, 0.05) is 22.6 Å². The van der Waals surface area contributed by atoms with Crippen molar-refractivity contribution in [2.75, 3.05) is 12.0 Å². The third kappa shape index (κ3) is 7.42. The largest absolute Gasteiger partial charge is 0.465 e. The number of nitriles is 1. The minimum atomic E-state index is -1.63. The van der Waals surface area contributed by atoms with Gasteiger partial charge in [-0.15, -0.1) is 17.5 Å². The van der Waals surface area contributed by atoms with E-state index in [1.54, 1.807) is 24.3 Å². The Morgan fingerprint density at radius 2 is 1.77 bits per heavy atom. The maximum Gasteiger partial charge on any atom is 0.342 e. The summed E-state index contributed by atoms with van der Waals surface area (Å²) in [5.74, 6) is 2.68. The van der Waals surface area contributed by atoms with Gasteiger partial charge in [0.15, 0.2) is 0 Å². The Morgan fingerprint density at radius 3 is 2.26 bits per heavy atom. The van der Waals surface area contributed by atoms with Gasteiger partial charge in [0.05, 0.1) is 24.3 Å². The second kappa shape index (κ2) is 12.0. The molecule has 39 heavy (non-hydrogen) atoms. The van der Waals surface area contributed by atoms with E-state index in [9.17, 15) is 10.1 Å². The van der Waals surface area contributed by atoms with Crippen LogP contribution in [0.4, 0.5) is 15.9 Å². The van der Waals surface area contributed by atoms with E-state index in [1.165, 1.54) is 13.2 Å². The van der Waals surface area contributed by atoms with Gasteiger partial charge in [0.1, 0.15) is 33.3 Å². The monoisotopic (exact) mass is 557 g/mol. The van der Waals surface area contributed by atoms with Gasteiger partial charge in [-0.1, -0.05) is 51.3 Å². The van der Waals surface area contributed by atoms with Gasteiger partial charge in [0.25, 0.3) is 0 Å². The number of rotatable bonds is 4. The van der Waals surface area contributed by atoms with Crippen LogP contribution in [0.5, 0.6) is 0 Å². The molecule has 0 aliphatic heterocycles. The van der Waals surface area contributed by atoms with Crippen molar-refractivity contribution in [2.24, 2.45) is 0 Å². The van der Waals surface area contributed by atoms with Gasteiger partial charge >= 0.3 is 5.97 Å². The highest BCUT2D eigenvalue weighted by Crippen LogP contribution is 2.40. The summed E-state index contributed by atoms with van der Waals surface area (Å²) in [6.45, 7) is 12.8. The summed E-state index contributed by atoms with van der Waals surface area (Å²) in [5, 5.41) is 9.95. The average molecular weight is 558 g/mol. The highest BCUT2D eigenvalue weighted by Gasteiger charge is 2.32. The van der Waals surface area contributed by atoms with E-state index in [4.69, 9.17) is 11.2 Å². The number of esters is 1. The summed E-state index contributed by atoms with van der Waals surface area (Å²) in [5.41, 5.74) is 8.49. The molecule has 2 aromatic carbocycles. The Bertz CT molecular complexity index is 1520. The number of ether oxygens (including phenoxy) is 1. The van der Waals surface area contributed by atoms with E-state index in [0.29, 0.717) is 39.1 Å². The zero-order chi connectivity index (χ0) is 29.0. The highest BCUT2D eigenvalue weighted by molar-refractivity contribution is 6.84. The number of carbonyl (C=O) groups excluding carboxylic acids is 1. The molecule has 1 N–H and O–H groups in total. The Morgan fingerprint density at radius 1 is 1.10 bits per heavy atom. The molecule has 0 unspecified atom stereocenters. The van der Waals surface area contributed by atoms with E-state index in [1.807, 2.05) is 11.0 Å². The van der Waals surface area contributed by atoms with Crippen molar-refractivity contribution in [1.82, 2.24) is 4.98 Å². The highest BCUT2D eigenvalue weighted by atomic mass is 28.3. The van der Waals surface area contributed by atoms with E-state index >= 15 is 4.39 Å². The Hall–Kier alpha value is -3.78. The first kappa shape index (κ1) is 29.8. The van der Waals surface area contributed by atoms with E-state index < -0.39 is 22.1 Å². The lowest BCUT2D eigenvalue weighted by atomic mass is 9.90. The average Bonchev–Trinajstić information content (AvgIpc) is 3.22. The van der Waals surface area contributed by atoms with Gasteiger partial charge in [-0.25, -0.2) is 9.18 Å². The number of fused-ring (bicyclic) bond motifs is 1. The standard InChI is InChI=1S/C26H26FN3O2Si.C5H10Si/c1-32-26(31)24-21-11-8-17(16-28)14-23(21)29-25(24)30(19-6-5-7-19)20-10-9-18(22(27)15-20)12-13-33(2,3)4;1-5-6(2,3)4/h8-11,14-15,19,29H,5-7H2,1-4H3;1H,2-4H3. The quantitative estimate of drug-likeness (QED) is 0.206. The number of nitrogens with zero attached hydrogens (tertiary/aromatic N) is 2. The molecule has 1 aliphatic rings. The number of carbonyl (C=O) groups is 1. The summed E-state index contributed by atoms with van der Waals surface area (Å²) in [6, 6.07) is 12.4. The fourth-order valence-corrected chi connectivity index (χ4v) is 4.43. The van der Waals surface area contributed by atoms with Gasteiger partial charge in [-0.2, -0.15) is 5.26 Å².